The van der Waals surface area contributed by atoms with E-state index in [0.717, 1.165) is 255 Å². The van der Waals surface area contributed by atoms with Crippen molar-refractivity contribution in [2.75, 3.05) is 0 Å². The van der Waals surface area contributed by atoms with Crippen LogP contribution in [0.15, 0.2) is 454 Å². The van der Waals surface area contributed by atoms with Crippen LogP contribution in [-0.2, 0) is 0 Å². The third kappa shape index (κ3) is 15.3. The van der Waals surface area contributed by atoms with Crippen LogP contribution in [0.1, 0.15) is 17.3 Å². The molecule has 12 nitrogen and oxygen atoms in total. The minimum Gasteiger partial charge on any atom is -0.228 e. The second kappa shape index (κ2) is 36.1. The summed E-state index contributed by atoms with van der Waals surface area (Å²) in [4.78, 5) is 66.5. The van der Waals surface area contributed by atoms with Gasteiger partial charge in [0, 0.05) is 170 Å². The summed E-state index contributed by atoms with van der Waals surface area (Å²) in [6.45, 7) is 0. The molecule has 2 unspecified atom stereocenters. The lowest BCUT2D eigenvalue weighted by Crippen LogP contribution is -2.15. The van der Waals surface area contributed by atoms with E-state index in [0.29, 0.717) is 29.1 Å². The first-order valence-corrected chi connectivity index (χ1v) is 54.8. The molecule has 2 aliphatic rings. The fourth-order valence-electron chi connectivity index (χ4n) is 21.5. The molecule has 1 aliphatic carbocycles. The van der Waals surface area contributed by atoms with Crippen molar-refractivity contribution >= 4 is 175 Å². The molecule has 11 aromatic heterocycles. The van der Waals surface area contributed by atoms with E-state index < -0.39 is 0 Å². The standard InChI is InChI=1S/C132H76N12S6/c1-7-28-76(29-8-1)102-72-105(136-127(133-102)81-36-15-5-16-37-81)86-61-65-110-101(68-86)93-47-26-50-100(123(93)146-110)132-140-117(80-34-13-4-14-35-80)125-121(144-132)97-64-58-85(69-114(97)150-125)84-41-23-42-89(66-84)118-126-120(96-45-20-22-52-109(96)148-126)142-130(141-118)98-48-27-53-111-115(98)94-63-60-88(71-113(94)145-111)107-73-103(77-30-9-2-10-31-77)135-129(138-107)90-43-24-40-83(67-90)75-54-56-78(57-55-75)104-74-106(137-128(134-104)82-38-17-6-18-39-82)87-59-62-91-92-46-25-49-99(122(92)149-112(91)70-87)131-139-116(79-32-11-3-12-33-79)124-119(143-131)95-44-19-21-51-108(95)147-124/h1-74,92,122H. The Labute approximate surface area is 884 Å². The zero-order chi connectivity index (χ0) is 98.5. The van der Waals surface area contributed by atoms with Gasteiger partial charge in [-0.1, -0.05) is 364 Å². The summed E-state index contributed by atoms with van der Waals surface area (Å²) in [7, 11) is 0. The highest BCUT2D eigenvalue weighted by molar-refractivity contribution is 8.00. The van der Waals surface area contributed by atoms with Gasteiger partial charge in [0.05, 0.1) is 81.9 Å². The number of rotatable bonds is 17. The fourth-order valence-corrected chi connectivity index (χ4v) is 28.8. The van der Waals surface area contributed by atoms with E-state index in [1.54, 1.807) is 56.7 Å². The quantitative estimate of drug-likeness (QED) is 0.0850. The van der Waals surface area contributed by atoms with Gasteiger partial charge in [0.15, 0.2) is 34.9 Å². The van der Waals surface area contributed by atoms with Gasteiger partial charge in [-0.15, -0.1) is 68.4 Å². The lowest BCUT2D eigenvalue weighted by molar-refractivity contribution is 0.883. The molecule has 30 rings (SSSR count). The van der Waals surface area contributed by atoms with E-state index in [4.69, 9.17) is 59.8 Å². The van der Waals surface area contributed by atoms with Crippen LogP contribution >= 0.6 is 68.4 Å². The molecule has 0 radical (unpaired) electrons. The molecule has 0 fully saturated rings. The molecule has 18 heteroatoms. The first kappa shape index (κ1) is 87.5. The van der Waals surface area contributed by atoms with Gasteiger partial charge < -0.3 is 0 Å². The van der Waals surface area contributed by atoms with Gasteiger partial charge in [-0.2, -0.15) is 0 Å². The van der Waals surface area contributed by atoms with Crippen LogP contribution in [0.25, 0.3) is 287 Å². The van der Waals surface area contributed by atoms with Crippen LogP contribution in [0.4, 0.5) is 0 Å². The Balaban J connectivity index is 0.458. The van der Waals surface area contributed by atoms with Crippen molar-refractivity contribution in [1.29, 1.82) is 0 Å². The molecule has 2 atom stereocenters. The van der Waals surface area contributed by atoms with E-state index in [2.05, 4.69) is 400 Å². The maximum Gasteiger partial charge on any atom is 0.161 e. The van der Waals surface area contributed by atoms with E-state index in [1.165, 1.54) is 19.9 Å². The summed E-state index contributed by atoms with van der Waals surface area (Å²) < 4.78 is 11.2. The smallest absolute Gasteiger partial charge is 0.161 e. The summed E-state index contributed by atoms with van der Waals surface area (Å²) in [5, 5.41) is 7.93. The number of fused-ring (bicyclic) bond motifs is 18. The molecular weight excluding hydrogens is 1950 g/mol. The molecule has 17 aromatic carbocycles. The molecule has 1 aliphatic heterocycles. The highest BCUT2D eigenvalue weighted by Gasteiger charge is 2.39. The SMILES string of the molecule is C1=CC2c3ccc(-c4cc(-c5ccc(-c6cccc(-c7nc(-c8ccccc8)cc(-c8ccc9c(c8)sc8cccc(-c%10nc(-c%11cccc(-c%12ccc%13c(c%12)sc%12c(-c%14ccccc%14)nc(-c%14cccc%15c%14sc%14ccc(-c%16cc(-c%17ccccc%17)nc(-c%17ccccc%17)n%16)cc%14%15)nc%12%13)c%11)c%11sc%12ccccc%12c%11n%10)c89)n7)c6)cc5)nc(-c5ccccc5)n4)cc3SC2C(c2nc(-c3ccccc3)c3sc4ccccc4c3n2)=C1. The number of thiophene rings is 5. The van der Waals surface area contributed by atoms with Gasteiger partial charge in [-0.3, -0.25) is 0 Å². The van der Waals surface area contributed by atoms with Crippen molar-refractivity contribution < 1.29 is 0 Å². The first-order valence-electron chi connectivity index (χ1n) is 49.8. The summed E-state index contributed by atoms with van der Waals surface area (Å²) in [6.07, 6.45) is 6.76. The predicted molar refractivity (Wildman–Crippen MR) is 627 cm³/mol. The minimum atomic E-state index is 0.0820. The van der Waals surface area contributed by atoms with Crippen LogP contribution in [-0.4, -0.2) is 65.1 Å². The highest BCUT2D eigenvalue weighted by Crippen LogP contribution is 2.56. The maximum atomic E-state index is 5.74. The Bertz CT molecular complexity index is 10400. The highest BCUT2D eigenvalue weighted by atomic mass is 32.2. The van der Waals surface area contributed by atoms with Crippen LogP contribution in [0.3, 0.4) is 0 Å². The largest absolute Gasteiger partial charge is 0.228 e. The topological polar surface area (TPSA) is 155 Å². The van der Waals surface area contributed by atoms with Gasteiger partial charge in [0.2, 0.25) is 0 Å². The zero-order valence-corrected chi connectivity index (χ0v) is 84.6. The van der Waals surface area contributed by atoms with E-state index in [-0.39, 0.29) is 11.2 Å². The Morgan fingerprint density at radius 1 is 0.193 bits per heavy atom. The molecule has 0 bridgehead atoms. The number of benzene rings is 17. The lowest BCUT2D eigenvalue weighted by Gasteiger charge is -2.22. The van der Waals surface area contributed by atoms with Gasteiger partial charge in [-0.05, 0) is 113 Å². The second-order valence-electron chi connectivity index (χ2n) is 37.9. The van der Waals surface area contributed by atoms with Crippen molar-refractivity contribution in [1.82, 2.24) is 59.8 Å². The number of hydrogen-bond acceptors (Lipinski definition) is 18. The van der Waals surface area contributed by atoms with Crippen molar-refractivity contribution in [2.24, 2.45) is 0 Å². The zero-order valence-electron chi connectivity index (χ0n) is 79.7. The molecule has 0 N–H and O–H groups in total. The Hall–Kier alpha value is -17.9. The molecule has 0 spiro atoms. The molecule has 12 heterocycles. The van der Waals surface area contributed by atoms with E-state index >= 15 is 0 Å². The van der Waals surface area contributed by atoms with Crippen LogP contribution in [0, 0.1) is 0 Å². The minimum absolute atomic E-state index is 0.0820. The summed E-state index contributed by atoms with van der Waals surface area (Å²) >= 11 is 10.7. The van der Waals surface area contributed by atoms with Gasteiger partial charge in [0.25, 0.3) is 0 Å². The first-order chi connectivity index (χ1) is 74.2. The van der Waals surface area contributed by atoms with Crippen molar-refractivity contribution in [3.05, 3.63) is 460 Å². The molecular formula is C132H76N12S6. The summed E-state index contributed by atoms with van der Waals surface area (Å²) in [5.41, 5.74) is 31.2. The molecule has 0 amide bonds. The Morgan fingerprint density at radius 3 is 1.18 bits per heavy atom. The number of nitrogens with zero attached hydrogens (tertiary/aromatic N) is 12. The van der Waals surface area contributed by atoms with Crippen LogP contribution in [0.2, 0.25) is 0 Å². The predicted octanol–water partition coefficient (Wildman–Crippen LogP) is 36.1. The monoisotopic (exact) mass is 2020 g/mol. The van der Waals surface area contributed by atoms with Crippen LogP contribution < -0.4 is 0 Å². The van der Waals surface area contributed by atoms with Gasteiger partial charge in [0.1, 0.15) is 0 Å². The average Bonchev–Trinajstić information content (AvgIpc) is 1.58. The molecule has 0 saturated heterocycles. The number of aromatic nitrogens is 12. The second-order valence-corrected chi connectivity index (χ2v) is 44.3. The molecule has 150 heavy (non-hydrogen) atoms. The van der Waals surface area contributed by atoms with Crippen molar-refractivity contribution in [2.45, 2.75) is 16.1 Å². The van der Waals surface area contributed by atoms with Gasteiger partial charge in [-0.25, -0.2) is 59.8 Å². The maximum absolute atomic E-state index is 5.74. The molecule has 700 valence electrons. The number of allylic oxidation sites excluding steroid dienone is 3. The molecule has 28 aromatic rings. The number of hydrogen-bond donors (Lipinski definition) is 0. The molecule has 0 saturated carbocycles. The normalized spacial score (nSPS) is 13.5. The van der Waals surface area contributed by atoms with Crippen LogP contribution in [0.5, 0.6) is 0 Å². The summed E-state index contributed by atoms with van der Waals surface area (Å²) in [6, 6.07) is 152. The van der Waals surface area contributed by atoms with Crippen molar-refractivity contribution in [3.8, 4) is 181 Å². The third-order valence-corrected chi connectivity index (χ3v) is 36.0. The van der Waals surface area contributed by atoms with E-state index in [1.807, 2.05) is 60.3 Å². The number of thioether (sulfide) groups is 1. The third-order valence-electron chi connectivity index (χ3n) is 28.8. The average molecular weight is 2020 g/mol. The Morgan fingerprint density at radius 2 is 0.567 bits per heavy atom. The Kier molecular flexibility index (Phi) is 21.1. The fraction of sp³-hybridized carbons (Fsp3) is 0.0152. The lowest BCUT2D eigenvalue weighted by atomic mass is 9.87. The summed E-state index contributed by atoms with van der Waals surface area (Å²) in [5.74, 6) is 4.23. The van der Waals surface area contributed by atoms with Gasteiger partial charge >= 0.3 is 0 Å². The van der Waals surface area contributed by atoms with E-state index in [9.17, 15) is 0 Å². The van der Waals surface area contributed by atoms with Crippen molar-refractivity contribution in [3.63, 3.8) is 0 Å².